The molecule has 0 atom stereocenters. The van der Waals surface area contributed by atoms with Gasteiger partial charge in [-0.2, -0.15) is 5.10 Å². The van der Waals surface area contributed by atoms with Gasteiger partial charge in [-0.3, -0.25) is 14.6 Å². The third-order valence-electron chi connectivity index (χ3n) is 4.86. The van der Waals surface area contributed by atoms with Crippen LogP contribution in [0.4, 0.5) is 0 Å². The van der Waals surface area contributed by atoms with Gasteiger partial charge in [-0.1, -0.05) is 0 Å². The second-order valence-corrected chi connectivity index (χ2v) is 6.84. The number of carbonyl (C=O) groups excluding carboxylic acids is 1. The third-order valence-corrected chi connectivity index (χ3v) is 4.86. The number of rotatable bonds is 4. The van der Waals surface area contributed by atoms with E-state index in [1.54, 1.807) is 12.3 Å². The lowest BCUT2D eigenvalue weighted by Crippen LogP contribution is -2.40. The third kappa shape index (κ3) is 3.80. The topological polar surface area (TPSA) is 120 Å². The van der Waals surface area contributed by atoms with Crippen LogP contribution in [0.2, 0.25) is 0 Å². The molecule has 1 aliphatic rings. The molecule has 3 heterocycles. The highest BCUT2D eigenvalue weighted by Crippen LogP contribution is 2.27. The molecule has 3 aromatic heterocycles. The van der Waals surface area contributed by atoms with Gasteiger partial charge in [-0.05, 0) is 38.7 Å². The van der Waals surface area contributed by atoms with E-state index >= 15 is 0 Å². The summed E-state index contributed by atoms with van der Waals surface area (Å²) in [5, 5.41) is 11.5. The average Bonchev–Trinajstić information content (AvgIpc) is 3.24. The maximum atomic E-state index is 12.3. The molecule has 10 heteroatoms. The molecule has 144 valence electrons. The summed E-state index contributed by atoms with van der Waals surface area (Å²) >= 11 is 0. The fourth-order valence-corrected chi connectivity index (χ4v) is 3.36. The van der Waals surface area contributed by atoms with Crippen molar-refractivity contribution in [3.63, 3.8) is 0 Å². The monoisotopic (exact) mass is 380 g/mol. The van der Waals surface area contributed by atoms with Gasteiger partial charge < -0.3 is 5.32 Å². The Balaban J connectivity index is 1.40. The van der Waals surface area contributed by atoms with Gasteiger partial charge in [0.15, 0.2) is 5.82 Å². The van der Waals surface area contributed by atoms with Gasteiger partial charge in [-0.25, -0.2) is 19.3 Å². The first kappa shape index (κ1) is 18.0. The van der Waals surface area contributed by atoms with Crippen LogP contribution in [0.25, 0.3) is 5.82 Å². The van der Waals surface area contributed by atoms with E-state index in [9.17, 15) is 9.59 Å². The fourth-order valence-electron chi connectivity index (χ4n) is 3.36. The van der Waals surface area contributed by atoms with Crippen LogP contribution in [-0.2, 0) is 0 Å². The van der Waals surface area contributed by atoms with Crippen molar-refractivity contribution in [1.82, 2.24) is 39.8 Å². The number of aromatic nitrogens is 7. The van der Waals surface area contributed by atoms with Crippen molar-refractivity contribution in [2.24, 2.45) is 0 Å². The molecule has 0 spiro atoms. The van der Waals surface area contributed by atoms with E-state index in [0.717, 1.165) is 31.4 Å². The summed E-state index contributed by atoms with van der Waals surface area (Å²) in [6.45, 7) is 1.82. The van der Waals surface area contributed by atoms with Gasteiger partial charge in [0.2, 0.25) is 0 Å². The van der Waals surface area contributed by atoms with Crippen LogP contribution in [0, 0.1) is 6.92 Å². The molecule has 4 rings (SSSR count). The number of amides is 1. The largest absolute Gasteiger partial charge is 0.348 e. The Morgan fingerprint density at radius 2 is 1.96 bits per heavy atom. The molecule has 0 aromatic carbocycles. The number of nitrogens with zero attached hydrogens (tertiary/aromatic N) is 7. The highest BCUT2D eigenvalue weighted by atomic mass is 16.2. The summed E-state index contributed by atoms with van der Waals surface area (Å²) in [5.41, 5.74) is 0.931. The van der Waals surface area contributed by atoms with Gasteiger partial charge in [0.25, 0.3) is 11.5 Å². The van der Waals surface area contributed by atoms with Crippen LogP contribution < -0.4 is 10.9 Å². The smallest absolute Gasteiger partial charge is 0.271 e. The van der Waals surface area contributed by atoms with Crippen LogP contribution in [0.15, 0.2) is 42.0 Å². The molecule has 1 amide bonds. The summed E-state index contributed by atoms with van der Waals surface area (Å²) in [5.74, 6) is 0.324. The van der Waals surface area contributed by atoms with Crippen molar-refractivity contribution in [3.05, 3.63) is 58.9 Å². The quantitative estimate of drug-likeness (QED) is 0.712. The lowest BCUT2D eigenvalue weighted by Gasteiger charge is -2.29. The van der Waals surface area contributed by atoms with Crippen molar-refractivity contribution >= 4 is 5.91 Å². The predicted molar refractivity (Wildman–Crippen MR) is 98.9 cm³/mol. The molecule has 0 unspecified atom stereocenters. The minimum atomic E-state index is -0.223. The molecular weight excluding hydrogens is 360 g/mol. The van der Waals surface area contributed by atoms with Crippen molar-refractivity contribution in [3.8, 4) is 5.82 Å². The minimum absolute atomic E-state index is 0.0108. The molecule has 1 saturated carbocycles. The van der Waals surface area contributed by atoms with Crippen LogP contribution >= 0.6 is 0 Å². The van der Waals surface area contributed by atoms with Crippen molar-refractivity contribution in [2.75, 3.05) is 0 Å². The molecule has 28 heavy (non-hydrogen) atoms. The van der Waals surface area contributed by atoms with Crippen LogP contribution in [-0.4, -0.2) is 46.5 Å². The maximum Gasteiger partial charge on any atom is 0.271 e. The predicted octanol–water partition coefficient (Wildman–Crippen LogP) is 0.836. The van der Waals surface area contributed by atoms with E-state index in [-0.39, 0.29) is 23.6 Å². The molecule has 0 radical (unpaired) electrons. The Morgan fingerprint density at radius 1 is 1.14 bits per heavy atom. The SMILES string of the molecule is Cc1cnc(C(=O)NC2CCC(n3nc(-n4cncn4)ccc3=O)CC2)cn1. The first-order valence-electron chi connectivity index (χ1n) is 9.14. The number of hydrogen-bond donors (Lipinski definition) is 1. The Kier molecular flexibility index (Phi) is 4.92. The summed E-state index contributed by atoms with van der Waals surface area (Å²) in [6.07, 6.45) is 9.04. The molecule has 0 bridgehead atoms. The van der Waals surface area contributed by atoms with Crippen LogP contribution in [0.5, 0.6) is 0 Å². The van der Waals surface area contributed by atoms with E-state index in [2.05, 4.69) is 30.5 Å². The normalized spacial score (nSPS) is 19.3. The fraction of sp³-hybridized carbons (Fsp3) is 0.389. The molecule has 1 N–H and O–H groups in total. The first-order chi connectivity index (χ1) is 13.6. The summed E-state index contributed by atoms with van der Waals surface area (Å²) in [4.78, 5) is 36.7. The Hall–Kier alpha value is -3.43. The number of carbonyl (C=O) groups is 1. The summed E-state index contributed by atoms with van der Waals surface area (Å²) < 4.78 is 3.03. The van der Waals surface area contributed by atoms with Gasteiger partial charge in [0.05, 0.1) is 17.9 Å². The van der Waals surface area contributed by atoms with Crippen LogP contribution in [0.3, 0.4) is 0 Å². The Labute approximate surface area is 160 Å². The zero-order chi connectivity index (χ0) is 19.5. The molecule has 0 aliphatic heterocycles. The van der Waals surface area contributed by atoms with Crippen LogP contribution in [0.1, 0.15) is 47.9 Å². The first-order valence-corrected chi connectivity index (χ1v) is 9.14. The summed E-state index contributed by atoms with van der Waals surface area (Å²) in [7, 11) is 0. The highest BCUT2D eigenvalue weighted by Gasteiger charge is 2.25. The number of nitrogens with one attached hydrogen (secondary N) is 1. The number of hydrogen-bond acceptors (Lipinski definition) is 7. The van der Waals surface area contributed by atoms with E-state index in [0.29, 0.717) is 11.5 Å². The number of aryl methyl sites for hydroxylation is 1. The van der Waals surface area contributed by atoms with Gasteiger partial charge in [0, 0.05) is 18.3 Å². The van der Waals surface area contributed by atoms with Gasteiger partial charge in [0.1, 0.15) is 18.3 Å². The average molecular weight is 380 g/mol. The molecule has 0 saturated heterocycles. The van der Waals surface area contributed by atoms with E-state index < -0.39 is 0 Å². The maximum absolute atomic E-state index is 12.3. The molecule has 10 nitrogen and oxygen atoms in total. The van der Waals surface area contributed by atoms with E-state index in [1.807, 2.05) is 6.92 Å². The standard InChI is InChI=1S/C18H20N8O2/c1-12-8-21-15(9-20-12)18(28)23-13-2-4-14(5-3-13)26-17(27)7-6-16(24-26)25-11-19-10-22-25/h6-11,13-14H,2-5H2,1H3,(H,23,28). The highest BCUT2D eigenvalue weighted by molar-refractivity contribution is 5.92. The Morgan fingerprint density at radius 3 is 2.64 bits per heavy atom. The zero-order valence-electron chi connectivity index (χ0n) is 15.4. The van der Waals surface area contributed by atoms with Crippen molar-refractivity contribution in [1.29, 1.82) is 0 Å². The zero-order valence-corrected chi connectivity index (χ0v) is 15.4. The molecular formula is C18H20N8O2. The summed E-state index contributed by atoms with van der Waals surface area (Å²) in [6, 6.07) is 3.15. The molecule has 3 aromatic rings. The van der Waals surface area contributed by atoms with Gasteiger partial charge >= 0.3 is 0 Å². The lowest BCUT2D eigenvalue weighted by molar-refractivity contribution is 0.0916. The van der Waals surface area contributed by atoms with Crippen molar-refractivity contribution < 1.29 is 4.79 Å². The molecule has 1 fully saturated rings. The van der Waals surface area contributed by atoms with Gasteiger partial charge in [-0.15, -0.1) is 5.10 Å². The lowest BCUT2D eigenvalue weighted by atomic mass is 9.91. The van der Waals surface area contributed by atoms with E-state index in [1.165, 1.54) is 34.3 Å². The molecule has 1 aliphatic carbocycles. The second-order valence-electron chi connectivity index (χ2n) is 6.84. The van der Waals surface area contributed by atoms with Crippen molar-refractivity contribution in [2.45, 2.75) is 44.7 Å². The Bertz CT molecular complexity index is 1000. The second kappa shape index (κ2) is 7.67. The van der Waals surface area contributed by atoms with E-state index in [4.69, 9.17) is 0 Å². The minimum Gasteiger partial charge on any atom is -0.348 e.